The van der Waals surface area contributed by atoms with Crippen LogP contribution in [0.1, 0.15) is 11.1 Å². The predicted octanol–water partition coefficient (Wildman–Crippen LogP) is 0.796. The molecule has 18 heavy (non-hydrogen) atoms. The molecule has 0 saturated heterocycles. The van der Waals surface area contributed by atoms with Crippen molar-refractivity contribution in [1.82, 2.24) is 20.2 Å². The Bertz CT molecular complexity index is 541. The number of hydrogen-bond acceptors (Lipinski definition) is 6. The van der Waals surface area contributed by atoms with E-state index < -0.39 is 0 Å². The molecule has 0 radical (unpaired) electrons. The second kappa shape index (κ2) is 6.14. The highest BCUT2D eigenvalue weighted by Gasteiger charge is 2.06. The largest absolute Gasteiger partial charge is 0.329 e. The van der Waals surface area contributed by atoms with Crippen molar-refractivity contribution in [3.8, 4) is 6.07 Å². The van der Waals surface area contributed by atoms with Crippen molar-refractivity contribution in [1.29, 1.82) is 5.26 Å². The van der Waals surface area contributed by atoms with Gasteiger partial charge >= 0.3 is 0 Å². The Morgan fingerprint density at radius 2 is 2.11 bits per heavy atom. The minimum Gasteiger partial charge on any atom is -0.329 e. The van der Waals surface area contributed by atoms with Crippen molar-refractivity contribution < 1.29 is 0 Å². The number of nitrogens with zero attached hydrogens (tertiary/aromatic N) is 5. The van der Waals surface area contributed by atoms with E-state index in [0.717, 1.165) is 16.5 Å². The average Bonchev–Trinajstić information content (AvgIpc) is 2.85. The Morgan fingerprint density at radius 3 is 2.78 bits per heavy atom. The molecule has 7 heteroatoms. The van der Waals surface area contributed by atoms with Gasteiger partial charge in [-0.15, -0.1) is 5.10 Å². The fourth-order valence-corrected chi connectivity index (χ4v) is 2.25. The molecule has 0 aliphatic rings. The molecule has 0 saturated carbocycles. The molecule has 0 fully saturated rings. The molecule has 0 amide bonds. The van der Waals surface area contributed by atoms with E-state index in [2.05, 4.69) is 21.6 Å². The Morgan fingerprint density at radius 1 is 1.33 bits per heavy atom. The molecule has 1 aromatic heterocycles. The van der Waals surface area contributed by atoms with Crippen LogP contribution in [0.15, 0.2) is 29.4 Å². The molecule has 0 spiro atoms. The minimum absolute atomic E-state index is 0.509. The quantitative estimate of drug-likeness (QED) is 0.799. The highest BCUT2D eigenvalue weighted by molar-refractivity contribution is 7.98. The Hall–Kier alpha value is -1.91. The number of benzene rings is 1. The van der Waals surface area contributed by atoms with E-state index in [9.17, 15) is 0 Å². The number of tetrazole rings is 1. The molecule has 0 aliphatic heterocycles. The summed E-state index contributed by atoms with van der Waals surface area (Å²) in [7, 11) is 0. The van der Waals surface area contributed by atoms with Gasteiger partial charge in [-0.25, -0.2) is 4.68 Å². The van der Waals surface area contributed by atoms with Gasteiger partial charge in [0.05, 0.1) is 18.2 Å². The summed E-state index contributed by atoms with van der Waals surface area (Å²) in [6.45, 7) is 1.12. The number of rotatable bonds is 5. The lowest BCUT2D eigenvalue weighted by molar-refractivity contribution is 0.557. The SMILES string of the molecule is N#Cc1ccc(CSc2nnnn2CCN)cc1. The first-order chi connectivity index (χ1) is 8.83. The van der Waals surface area contributed by atoms with Gasteiger partial charge in [0, 0.05) is 12.3 Å². The van der Waals surface area contributed by atoms with Gasteiger partial charge in [0.1, 0.15) is 0 Å². The second-order valence-corrected chi connectivity index (χ2v) is 4.51. The zero-order valence-electron chi connectivity index (χ0n) is 9.65. The molecule has 0 unspecified atom stereocenters. The third-order valence-corrected chi connectivity index (χ3v) is 3.32. The van der Waals surface area contributed by atoms with Crippen LogP contribution in [0, 0.1) is 11.3 Å². The summed E-state index contributed by atoms with van der Waals surface area (Å²) in [6, 6.07) is 9.57. The van der Waals surface area contributed by atoms with E-state index in [0.29, 0.717) is 18.7 Å². The fraction of sp³-hybridized carbons (Fsp3) is 0.273. The van der Waals surface area contributed by atoms with Gasteiger partial charge in [-0.2, -0.15) is 5.26 Å². The first-order valence-electron chi connectivity index (χ1n) is 5.41. The lowest BCUT2D eigenvalue weighted by Gasteiger charge is -2.02. The maximum atomic E-state index is 8.71. The molecule has 6 nitrogen and oxygen atoms in total. The molecule has 1 heterocycles. The third kappa shape index (κ3) is 3.06. The first-order valence-corrected chi connectivity index (χ1v) is 6.40. The number of nitriles is 1. The lowest BCUT2D eigenvalue weighted by Crippen LogP contribution is -2.12. The molecule has 1 aromatic carbocycles. The van der Waals surface area contributed by atoms with E-state index in [-0.39, 0.29) is 0 Å². The number of hydrogen-bond donors (Lipinski definition) is 1. The molecule has 0 atom stereocenters. The molecule has 0 bridgehead atoms. The Balaban J connectivity index is 1.98. The number of nitrogens with two attached hydrogens (primary N) is 1. The van der Waals surface area contributed by atoms with Crippen LogP contribution >= 0.6 is 11.8 Å². The van der Waals surface area contributed by atoms with Crippen molar-refractivity contribution in [2.45, 2.75) is 17.5 Å². The van der Waals surface area contributed by atoms with E-state index in [1.54, 1.807) is 28.6 Å². The highest BCUT2D eigenvalue weighted by atomic mass is 32.2. The summed E-state index contributed by atoms with van der Waals surface area (Å²) in [5.74, 6) is 0.761. The van der Waals surface area contributed by atoms with Gasteiger partial charge < -0.3 is 5.73 Å². The maximum Gasteiger partial charge on any atom is 0.209 e. The highest BCUT2D eigenvalue weighted by Crippen LogP contribution is 2.19. The van der Waals surface area contributed by atoms with Crippen LogP contribution < -0.4 is 5.73 Å². The summed E-state index contributed by atoms with van der Waals surface area (Å²) in [5.41, 5.74) is 7.26. The zero-order chi connectivity index (χ0) is 12.8. The summed E-state index contributed by atoms with van der Waals surface area (Å²) in [5, 5.41) is 20.9. The third-order valence-electron chi connectivity index (χ3n) is 2.29. The van der Waals surface area contributed by atoms with E-state index in [4.69, 9.17) is 11.0 Å². The van der Waals surface area contributed by atoms with Crippen LogP contribution in [0.3, 0.4) is 0 Å². The summed E-state index contributed by atoms with van der Waals surface area (Å²) >= 11 is 1.55. The Labute approximate surface area is 109 Å². The normalized spacial score (nSPS) is 10.2. The minimum atomic E-state index is 0.509. The van der Waals surface area contributed by atoms with E-state index in [1.165, 1.54) is 0 Å². The van der Waals surface area contributed by atoms with Crippen molar-refractivity contribution >= 4 is 11.8 Å². The van der Waals surface area contributed by atoms with Gasteiger partial charge in [-0.3, -0.25) is 0 Å². The monoisotopic (exact) mass is 260 g/mol. The maximum absolute atomic E-state index is 8.71. The van der Waals surface area contributed by atoms with Crippen LogP contribution in [-0.4, -0.2) is 26.8 Å². The molecular formula is C11H12N6S. The summed E-state index contributed by atoms with van der Waals surface area (Å²) in [6.07, 6.45) is 0. The average molecular weight is 260 g/mol. The first kappa shape index (κ1) is 12.5. The molecule has 0 aliphatic carbocycles. The van der Waals surface area contributed by atoms with Crippen molar-refractivity contribution in [2.75, 3.05) is 6.54 Å². The van der Waals surface area contributed by atoms with Crippen LogP contribution in [0.2, 0.25) is 0 Å². The molecule has 2 N–H and O–H groups in total. The zero-order valence-corrected chi connectivity index (χ0v) is 10.5. The van der Waals surface area contributed by atoms with Crippen LogP contribution in [-0.2, 0) is 12.3 Å². The molecule has 2 aromatic rings. The number of thioether (sulfide) groups is 1. The Kier molecular flexibility index (Phi) is 4.28. The molecular weight excluding hydrogens is 248 g/mol. The molecule has 2 rings (SSSR count). The van der Waals surface area contributed by atoms with Gasteiger partial charge in [-0.05, 0) is 28.1 Å². The van der Waals surface area contributed by atoms with Crippen LogP contribution in [0.4, 0.5) is 0 Å². The van der Waals surface area contributed by atoms with Crippen molar-refractivity contribution in [2.24, 2.45) is 5.73 Å². The van der Waals surface area contributed by atoms with Gasteiger partial charge in [0.15, 0.2) is 0 Å². The van der Waals surface area contributed by atoms with Crippen LogP contribution in [0.25, 0.3) is 0 Å². The van der Waals surface area contributed by atoms with Crippen LogP contribution in [0.5, 0.6) is 0 Å². The van der Waals surface area contributed by atoms with E-state index >= 15 is 0 Å². The van der Waals surface area contributed by atoms with E-state index in [1.807, 2.05) is 12.1 Å². The predicted molar refractivity (Wildman–Crippen MR) is 67.6 cm³/mol. The summed E-state index contributed by atoms with van der Waals surface area (Å²) in [4.78, 5) is 0. The second-order valence-electron chi connectivity index (χ2n) is 3.57. The topological polar surface area (TPSA) is 93.4 Å². The number of aromatic nitrogens is 4. The summed E-state index contributed by atoms with van der Waals surface area (Å²) < 4.78 is 1.69. The molecule has 92 valence electrons. The van der Waals surface area contributed by atoms with Gasteiger partial charge in [-0.1, -0.05) is 23.9 Å². The standard InChI is InChI=1S/C11H12N6S/c12-5-6-17-11(14-15-16-17)18-8-10-3-1-9(7-13)2-4-10/h1-4H,5-6,8,12H2. The van der Waals surface area contributed by atoms with Crippen molar-refractivity contribution in [3.05, 3.63) is 35.4 Å². The van der Waals surface area contributed by atoms with Crippen molar-refractivity contribution in [3.63, 3.8) is 0 Å². The lowest BCUT2D eigenvalue weighted by atomic mass is 10.2. The van der Waals surface area contributed by atoms with Gasteiger partial charge in [0.25, 0.3) is 0 Å². The fourth-order valence-electron chi connectivity index (χ4n) is 1.39. The smallest absolute Gasteiger partial charge is 0.209 e. The van der Waals surface area contributed by atoms with Gasteiger partial charge in [0.2, 0.25) is 5.16 Å².